The maximum atomic E-state index is 13.3. The van der Waals surface area contributed by atoms with Crippen molar-refractivity contribution < 1.29 is 27.6 Å². The van der Waals surface area contributed by atoms with Crippen LogP contribution < -0.4 is 5.32 Å². The van der Waals surface area contributed by atoms with Gasteiger partial charge in [0.2, 0.25) is 5.91 Å². The van der Waals surface area contributed by atoms with Gasteiger partial charge >= 0.3 is 6.18 Å². The van der Waals surface area contributed by atoms with Crippen LogP contribution in [0.15, 0.2) is 42.5 Å². The Kier molecular flexibility index (Phi) is 6.95. The van der Waals surface area contributed by atoms with E-state index in [0.29, 0.717) is 67.4 Å². The van der Waals surface area contributed by atoms with Crippen molar-refractivity contribution in [3.8, 4) is 0 Å². The second-order valence-electron chi connectivity index (χ2n) is 8.67. The third kappa shape index (κ3) is 5.08. The van der Waals surface area contributed by atoms with Crippen molar-refractivity contribution in [3.05, 3.63) is 70.4 Å². The molecule has 1 aromatic heterocycles. The number of imide groups is 1. The number of benzene rings is 2. The number of para-hydroxylation sites is 1. The molecular weight excluding hydrogens is 459 g/mol. The lowest BCUT2D eigenvalue weighted by molar-refractivity contribution is -0.136. The molecule has 0 aliphatic carbocycles. The summed E-state index contributed by atoms with van der Waals surface area (Å²) in [6, 6.07) is 10.8. The minimum Gasteiger partial charge on any atom is -0.358 e. The van der Waals surface area contributed by atoms with Crippen molar-refractivity contribution in [2.24, 2.45) is 0 Å². The minimum absolute atomic E-state index is 0.0666. The van der Waals surface area contributed by atoms with Crippen LogP contribution in [-0.4, -0.2) is 40.7 Å². The van der Waals surface area contributed by atoms with E-state index in [1.54, 1.807) is 37.3 Å². The van der Waals surface area contributed by atoms with Gasteiger partial charge in [-0.1, -0.05) is 30.7 Å². The second-order valence-corrected chi connectivity index (χ2v) is 8.67. The molecule has 1 aliphatic rings. The number of alkyl halides is 3. The van der Waals surface area contributed by atoms with Crippen LogP contribution in [0.1, 0.15) is 63.2 Å². The van der Waals surface area contributed by atoms with E-state index in [2.05, 4.69) is 10.3 Å². The summed E-state index contributed by atoms with van der Waals surface area (Å²) in [5.41, 5.74) is 1.63. The maximum Gasteiger partial charge on any atom is 0.418 e. The highest BCUT2D eigenvalue weighted by Crippen LogP contribution is 2.36. The van der Waals surface area contributed by atoms with E-state index >= 15 is 0 Å². The number of fused-ring (bicyclic) bond motifs is 2. The molecule has 0 spiro atoms. The molecule has 0 unspecified atom stereocenters. The number of unbranched alkanes of at least 4 members (excludes halogenated alkanes) is 2. The topological polar surface area (TPSA) is 82.3 Å². The number of carbonyl (C=O) groups excluding carboxylic acids is 3. The van der Waals surface area contributed by atoms with Crippen LogP contribution in [-0.2, 0) is 17.4 Å². The SMILES string of the molecule is Cc1[nH]c2c(C(F)(F)F)cccc2c1CCNC(=O)CCCCCN1C(=O)c2ccccc2C1=O. The maximum absolute atomic E-state index is 13.3. The number of rotatable bonds is 9. The van der Waals surface area contributed by atoms with Crippen LogP contribution in [0, 0.1) is 6.92 Å². The molecule has 0 atom stereocenters. The number of H-pyrrole nitrogens is 1. The smallest absolute Gasteiger partial charge is 0.358 e. The van der Waals surface area contributed by atoms with Crippen LogP contribution in [0.3, 0.4) is 0 Å². The van der Waals surface area contributed by atoms with Crippen molar-refractivity contribution in [2.45, 2.75) is 45.2 Å². The van der Waals surface area contributed by atoms with Crippen LogP contribution in [0.5, 0.6) is 0 Å². The Hall–Kier alpha value is -3.62. The molecule has 0 radical (unpaired) electrons. The molecule has 3 aromatic rings. The van der Waals surface area contributed by atoms with Gasteiger partial charge in [0, 0.05) is 30.6 Å². The number of hydrogen-bond donors (Lipinski definition) is 2. The molecule has 0 saturated carbocycles. The van der Waals surface area contributed by atoms with Gasteiger partial charge in [-0.15, -0.1) is 0 Å². The molecule has 2 N–H and O–H groups in total. The summed E-state index contributed by atoms with van der Waals surface area (Å²) in [6.07, 6.45) is -1.83. The van der Waals surface area contributed by atoms with Crippen molar-refractivity contribution in [1.29, 1.82) is 0 Å². The number of aromatic nitrogens is 1. The molecule has 9 heteroatoms. The average Bonchev–Trinajstić information content (AvgIpc) is 3.26. The predicted molar refractivity (Wildman–Crippen MR) is 125 cm³/mol. The summed E-state index contributed by atoms with van der Waals surface area (Å²) in [4.78, 5) is 41.0. The molecule has 4 rings (SSSR count). The van der Waals surface area contributed by atoms with Gasteiger partial charge in [-0.2, -0.15) is 13.2 Å². The van der Waals surface area contributed by atoms with E-state index in [-0.39, 0.29) is 23.2 Å². The molecule has 1 aliphatic heterocycles. The summed E-state index contributed by atoms with van der Waals surface area (Å²) in [6.45, 7) is 2.36. The van der Waals surface area contributed by atoms with Gasteiger partial charge in [-0.3, -0.25) is 19.3 Å². The fourth-order valence-corrected chi connectivity index (χ4v) is 4.55. The third-order valence-electron chi connectivity index (χ3n) is 6.32. The fraction of sp³-hybridized carbons (Fsp3) is 0.346. The number of aromatic amines is 1. The summed E-state index contributed by atoms with van der Waals surface area (Å²) in [7, 11) is 0. The zero-order valence-corrected chi connectivity index (χ0v) is 19.3. The van der Waals surface area contributed by atoms with E-state index in [1.165, 1.54) is 11.0 Å². The summed E-state index contributed by atoms with van der Waals surface area (Å²) < 4.78 is 39.8. The standard InChI is InChI=1S/C26H26F3N3O3/c1-16-17(18-10-7-11-21(23(18)31-16)26(27,28)29)13-14-30-22(33)12-3-2-6-15-32-24(34)19-8-4-5-9-20(19)25(32)35/h4-5,7-11,31H,2-3,6,12-15H2,1H3,(H,30,33). The molecule has 184 valence electrons. The zero-order chi connectivity index (χ0) is 25.2. The van der Waals surface area contributed by atoms with Gasteiger partial charge < -0.3 is 10.3 Å². The minimum atomic E-state index is -4.44. The average molecular weight is 486 g/mol. The first-order valence-electron chi connectivity index (χ1n) is 11.6. The molecule has 3 amide bonds. The number of carbonyl (C=O) groups is 3. The first-order chi connectivity index (χ1) is 16.7. The van der Waals surface area contributed by atoms with Gasteiger partial charge in [-0.05, 0) is 49.9 Å². The Balaban J connectivity index is 1.20. The van der Waals surface area contributed by atoms with E-state index in [1.807, 2.05) is 0 Å². The van der Waals surface area contributed by atoms with Crippen LogP contribution >= 0.6 is 0 Å². The van der Waals surface area contributed by atoms with Gasteiger partial charge in [0.05, 0.1) is 22.2 Å². The van der Waals surface area contributed by atoms with Crippen LogP contribution in [0.4, 0.5) is 13.2 Å². The molecule has 0 fully saturated rings. The van der Waals surface area contributed by atoms with E-state index < -0.39 is 11.7 Å². The highest BCUT2D eigenvalue weighted by molar-refractivity contribution is 6.21. The molecule has 6 nitrogen and oxygen atoms in total. The van der Waals surface area contributed by atoms with Gasteiger partial charge in [0.15, 0.2) is 0 Å². The molecule has 2 aromatic carbocycles. The van der Waals surface area contributed by atoms with E-state index in [9.17, 15) is 27.6 Å². The fourth-order valence-electron chi connectivity index (χ4n) is 4.55. The zero-order valence-electron chi connectivity index (χ0n) is 19.3. The summed E-state index contributed by atoms with van der Waals surface area (Å²) in [5.74, 6) is -0.698. The Morgan fingerprint density at radius 3 is 2.31 bits per heavy atom. The predicted octanol–water partition coefficient (Wildman–Crippen LogP) is 5.01. The molecule has 2 heterocycles. The van der Waals surface area contributed by atoms with E-state index in [0.717, 1.165) is 11.6 Å². The Bertz CT molecular complexity index is 1240. The highest BCUT2D eigenvalue weighted by atomic mass is 19.4. The number of hydrogen-bond acceptors (Lipinski definition) is 3. The number of amides is 3. The van der Waals surface area contributed by atoms with Crippen LogP contribution in [0.25, 0.3) is 10.9 Å². The number of aryl methyl sites for hydroxylation is 1. The van der Waals surface area contributed by atoms with Crippen molar-refractivity contribution in [1.82, 2.24) is 15.2 Å². The largest absolute Gasteiger partial charge is 0.418 e. The van der Waals surface area contributed by atoms with E-state index in [4.69, 9.17) is 0 Å². The Labute approximate surface area is 200 Å². The number of nitrogens with zero attached hydrogens (tertiary/aromatic N) is 1. The Morgan fingerprint density at radius 2 is 1.66 bits per heavy atom. The van der Waals surface area contributed by atoms with Crippen LogP contribution in [0.2, 0.25) is 0 Å². The lowest BCUT2D eigenvalue weighted by Crippen LogP contribution is -2.30. The number of halogens is 3. The Morgan fingerprint density at radius 1 is 0.971 bits per heavy atom. The lowest BCUT2D eigenvalue weighted by atomic mass is 10.0. The quantitative estimate of drug-likeness (QED) is 0.330. The first-order valence-corrected chi connectivity index (χ1v) is 11.6. The summed E-state index contributed by atoms with van der Waals surface area (Å²) >= 11 is 0. The van der Waals surface area contributed by atoms with Gasteiger partial charge in [0.25, 0.3) is 11.8 Å². The monoisotopic (exact) mass is 485 g/mol. The second kappa shape index (κ2) is 9.93. The molecule has 0 bridgehead atoms. The normalized spacial score (nSPS) is 13.5. The highest BCUT2D eigenvalue weighted by Gasteiger charge is 2.35. The molecule has 0 saturated heterocycles. The van der Waals surface area contributed by atoms with Crippen molar-refractivity contribution in [3.63, 3.8) is 0 Å². The third-order valence-corrected chi connectivity index (χ3v) is 6.32. The van der Waals surface area contributed by atoms with Crippen molar-refractivity contribution in [2.75, 3.05) is 13.1 Å². The molecular formula is C26H26F3N3O3. The van der Waals surface area contributed by atoms with Gasteiger partial charge in [-0.25, -0.2) is 0 Å². The summed E-state index contributed by atoms with van der Waals surface area (Å²) in [5, 5.41) is 3.34. The first kappa shape index (κ1) is 24.5. The lowest BCUT2D eigenvalue weighted by Gasteiger charge is -2.13. The van der Waals surface area contributed by atoms with Crippen molar-refractivity contribution >= 4 is 28.6 Å². The molecule has 35 heavy (non-hydrogen) atoms. The van der Waals surface area contributed by atoms with Gasteiger partial charge in [0.1, 0.15) is 0 Å². The number of nitrogens with one attached hydrogen (secondary N) is 2.